The van der Waals surface area contributed by atoms with E-state index in [9.17, 15) is 9.18 Å². The molecule has 0 aliphatic rings. The third-order valence-electron chi connectivity index (χ3n) is 3.26. The summed E-state index contributed by atoms with van der Waals surface area (Å²) in [6.45, 7) is 9.83. The summed E-state index contributed by atoms with van der Waals surface area (Å²) in [5.41, 5.74) is 7.20. The van der Waals surface area contributed by atoms with Crippen molar-refractivity contribution >= 4 is 5.97 Å². The van der Waals surface area contributed by atoms with Crippen LogP contribution in [0.4, 0.5) is 4.39 Å². The molecule has 2 rings (SSSR count). The minimum absolute atomic E-state index is 0.116. The zero-order valence-electron chi connectivity index (χ0n) is 16.5. The number of carbonyl (C=O) groups is 1. The SMILES string of the molecule is CCOC(C)=O.Cc1cc(Oc2cc(F)cc(CN)c2)ccc1OC(C)C. The molecule has 0 aliphatic heterocycles. The molecule has 2 N–H and O–H groups in total. The molecule has 0 fully saturated rings. The number of benzene rings is 2. The molecule has 0 heterocycles. The average Bonchev–Trinajstić information content (AvgIpc) is 2.57. The number of carbonyl (C=O) groups excluding carboxylic acids is 1. The fraction of sp³-hybridized carbons (Fsp3) is 0.381. The van der Waals surface area contributed by atoms with Gasteiger partial charge in [-0.2, -0.15) is 0 Å². The Hall–Kier alpha value is -2.60. The Morgan fingerprint density at radius 2 is 1.85 bits per heavy atom. The van der Waals surface area contributed by atoms with Crippen LogP contribution in [0.25, 0.3) is 0 Å². The molecular formula is C21H28FNO4. The maximum Gasteiger partial charge on any atom is 0.302 e. The van der Waals surface area contributed by atoms with E-state index in [2.05, 4.69) is 4.74 Å². The van der Waals surface area contributed by atoms with Crippen LogP contribution in [0.2, 0.25) is 0 Å². The minimum atomic E-state index is -0.357. The number of halogens is 1. The predicted octanol–water partition coefficient (Wildman–Crippen LogP) is 4.74. The number of hydrogen-bond donors (Lipinski definition) is 1. The van der Waals surface area contributed by atoms with Gasteiger partial charge in [0.25, 0.3) is 0 Å². The summed E-state index contributed by atoms with van der Waals surface area (Å²) in [6.07, 6.45) is 0.116. The highest BCUT2D eigenvalue weighted by Crippen LogP contribution is 2.28. The number of rotatable bonds is 6. The van der Waals surface area contributed by atoms with E-state index in [-0.39, 0.29) is 24.4 Å². The number of aryl methyl sites for hydroxylation is 1. The summed E-state index contributed by atoms with van der Waals surface area (Å²) in [5, 5.41) is 0. The van der Waals surface area contributed by atoms with Crippen LogP contribution < -0.4 is 15.2 Å². The lowest BCUT2D eigenvalue weighted by molar-refractivity contribution is -0.140. The van der Waals surface area contributed by atoms with Crippen molar-refractivity contribution < 1.29 is 23.4 Å². The van der Waals surface area contributed by atoms with Gasteiger partial charge in [0.1, 0.15) is 23.1 Å². The van der Waals surface area contributed by atoms with Gasteiger partial charge in [-0.3, -0.25) is 4.79 Å². The maximum absolute atomic E-state index is 13.4. The molecule has 6 heteroatoms. The Morgan fingerprint density at radius 3 is 2.33 bits per heavy atom. The molecule has 2 aromatic carbocycles. The van der Waals surface area contributed by atoms with E-state index in [0.717, 1.165) is 11.3 Å². The Balaban J connectivity index is 0.000000527. The van der Waals surface area contributed by atoms with Crippen molar-refractivity contribution in [2.75, 3.05) is 6.61 Å². The average molecular weight is 377 g/mol. The largest absolute Gasteiger partial charge is 0.491 e. The molecule has 0 spiro atoms. The van der Waals surface area contributed by atoms with Crippen LogP contribution in [0.1, 0.15) is 38.8 Å². The van der Waals surface area contributed by atoms with Crippen molar-refractivity contribution in [3.8, 4) is 17.2 Å². The molecule has 0 saturated carbocycles. The third kappa shape index (κ3) is 8.55. The van der Waals surface area contributed by atoms with E-state index in [1.807, 2.05) is 32.9 Å². The van der Waals surface area contributed by atoms with Crippen molar-refractivity contribution in [2.45, 2.75) is 47.3 Å². The second-order valence-electron chi connectivity index (χ2n) is 6.12. The molecule has 27 heavy (non-hydrogen) atoms. The van der Waals surface area contributed by atoms with Crippen molar-refractivity contribution in [3.63, 3.8) is 0 Å². The monoisotopic (exact) mass is 377 g/mol. The lowest BCUT2D eigenvalue weighted by atomic mass is 10.2. The molecule has 2 aromatic rings. The second kappa shape index (κ2) is 11.2. The summed E-state index contributed by atoms with van der Waals surface area (Å²) in [7, 11) is 0. The quantitative estimate of drug-likeness (QED) is 0.736. The van der Waals surface area contributed by atoms with Crippen LogP contribution in [0.15, 0.2) is 36.4 Å². The first kappa shape index (κ1) is 22.4. The summed E-state index contributed by atoms with van der Waals surface area (Å²) in [4.78, 5) is 9.82. The van der Waals surface area contributed by atoms with Crippen molar-refractivity contribution in [2.24, 2.45) is 5.73 Å². The molecule has 0 radical (unpaired) electrons. The van der Waals surface area contributed by atoms with E-state index >= 15 is 0 Å². The van der Waals surface area contributed by atoms with Gasteiger partial charge in [-0.15, -0.1) is 0 Å². The van der Waals surface area contributed by atoms with Crippen LogP contribution in [-0.2, 0) is 16.1 Å². The van der Waals surface area contributed by atoms with Crippen LogP contribution in [-0.4, -0.2) is 18.7 Å². The topological polar surface area (TPSA) is 70.8 Å². The van der Waals surface area contributed by atoms with Crippen LogP contribution in [0.5, 0.6) is 17.2 Å². The lowest BCUT2D eigenvalue weighted by Gasteiger charge is -2.14. The van der Waals surface area contributed by atoms with Gasteiger partial charge < -0.3 is 19.9 Å². The minimum Gasteiger partial charge on any atom is -0.491 e. The molecule has 0 aliphatic carbocycles. The smallest absolute Gasteiger partial charge is 0.302 e. The highest BCUT2D eigenvalue weighted by atomic mass is 19.1. The highest BCUT2D eigenvalue weighted by Gasteiger charge is 2.06. The second-order valence-corrected chi connectivity index (χ2v) is 6.12. The lowest BCUT2D eigenvalue weighted by Crippen LogP contribution is -2.06. The van der Waals surface area contributed by atoms with Crippen LogP contribution >= 0.6 is 0 Å². The molecule has 5 nitrogen and oxygen atoms in total. The van der Waals surface area contributed by atoms with Crippen LogP contribution in [0, 0.1) is 12.7 Å². The summed E-state index contributed by atoms with van der Waals surface area (Å²) in [6, 6.07) is 10.00. The van der Waals surface area contributed by atoms with E-state index in [0.29, 0.717) is 23.7 Å². The molecule has 0 unspecified atom stereocenters. The maximum atomic E-state index is 13.4. The normalized spacial score (nSPS) is 10.1. The van der Waals surface area contributed by atoms with Crippen molar-refractivity contribution in [1.82, 2.24) is 0 Å². The molecular weight excluding hydrogens is 349 g/mol. The van der Waals surface area contributed by atoms with Gasteiger partial charge in [0.2, 0.25) is 0 Å². The van der Waals surface area contributed by atoms with E-state index in [4.69, 9.17) is 15.2 Å². The van der Waals surface area contributed by atoms with Gasteiger partial charge in [-0.1, -0.05) is 0 Å². The predicted molar refractivity (Wildman–Crippen MR) is 104 cm³/mol. The number of nitrogens with two attached hydrogens (primary N) is 1. The first-order chi connectivity index (χ1) is 12.7. The molecule has 0 aromatic heterocycles. The van der Waals surface area contributed by atoms with Crippen LogP contribution in [0.3, 0.4) is 0 Å². The zero-order chi connectivity index (χ0) is 20.4. The fourth-order valence-corrected chi connectivity index (χ4v) is 2.21. The van der Waals surface area contributed by atoms with E-state index in [1.54, 1.807) is 19.1 Å². The molecule has 148 valence electrons. The molecule has 0 bridgehead atoms. The summed E-state index contributed by atoms with van der Waals surface area (Å²) in [5.74, 6) is 1.32. The first-order valence-corrected chi connectivity index (χ1v) is 8.83. The fourth-order valence-electron chi connectivity index (χ4n) is 2.21. The van der Waals surface area contributed by atoms with Crippen molar-refractivity contribution in [1.29, 1.82) is 0 Å². The van der Waals surface area contributed by atoms with Gasteiger partial charge in [0, 0.05) is 19.5 Å². The van der Waals surface area contributed by atoms with Gasteiger partial charge >= 0.3 is 5.97 Å². The Kier molecular flexibility index (Phi) is 9.30. The van der Waals surface area contributed by atoms with Gasteiger partial charge in [0.05, 0.1) is 12.7 Å². The summed E-state index contributed by atoms with van der Waals surface area (Å²) >= 11 is 0. The molecule has 0 atom stereocenters. The van der Waals surface area contributed by atoms with Gasteiger partial charge in [-0.05, 0) is 69.2 Å². The summed E-state index contributed by atoms with van der Waals surface area (Å²) < 4.78 is 29.2. The molecule has 0 amide bonds. The van der Waals surface area contributed by atoms with E-state index < -0.39 is 0 Å². The first-order valence-electron chi connectivity index (χ1n) is 8.83. The van der Waals surface area contributed by atoms with E-state index in [1.165, 1.54) is 19.1 Å². The Bertz CT molecular complexity index is 747. The van der Waals surface area contributed by atoms with Crippen molar-refractivity contribution in [3.05, 3.63) is 53.3 Å². The highest BCUT2D eigenvalue weighted by molar-refractivity contribution is 5.65. The zero-order valence-corrected chi connectivity index (χ0v) is 16.5. The number of esters is 1. The Morgan fingerprint density at radius 1 is 1.15 bits per heavy atom. The van der Waals surface area contributed by atoms with Gasteiger partial charge in [0.15, 0.2) is 0 Å². The number of ether oxygens (including phenoxy) is 3. The Labute approximate surface area is 160 Å². The van der Waals surface area contributed by atoms with Gasteiger partial charge in [-0.25, -0.2) is 4.39 Å². The third-order valence-corrected chi connectivity index (χ3v) is 3.26. The standard InChI is InChI=1S/C17H20FNO2.C4H8O2/c1-11(2)20-17-5-4-15(6-12(17)3)21-16-8-13(10-19)7-14(18)9-16;1-3-6-4(2)5/h4-9,11H,10,19H2,1-3H3;3H2,1-2H3. The number of hydrogen-bond acceptors (Lipinski definition) is 5. The molecule has 0 saturated heterocycles.